The SMILES string of the molecule is CCC(C)(C#N)N1C(=O)CC(C)(c2ccccc2)C1=O. The fraction of sp³-hybridized carbons (Fsp3) is 0.438. The van der Waals surface area contributed by atoms with Crippen LogP contribution in [-0.2, 0) is 15.0 Å². The molecule has 0 N–H and O–H groups in total. The second kappa shape index (κ2) is 4.75. The summed E-state index contributed by atoms with van der Waals surface area (Å²) in [5.41, 5.74) is -1.12. The summed E-state index contributed by atoms with van der Waals surface area (Å²) in [6.07, 6.45) is 0.541. The highest BCUT2D eigenvalue weighted by Gasteiger charge is 2.54. The van der Waals surface area contributed by atoms with E-state index in [4.69, 9.17) is 0 Å². The normalized spacial score (nSPS) is 25.4. The molecule has 1 saturated heterocycles. The first kappa shape index (κ1) is 14.3. The van der Waals surface area contributed by atoms with Crippen LogP contribution in [-0.4, -0.2) is 22.3 Å². The molecule has 2 amide bonds. The van der Waals surface area contributed by atoms with E-state index in [1.165, 1.54) is 0 Å². The summed E-state index contributed by atoms with van der Waals surface area (Å²) in [7, 11) is 0. The molecule has 2 unspecified atom stereocenters. The van der Waals surface area contributed by atoms with Crippen molar-refractivity contribution in [2.75, 3.05) is 0 Å². The molecule has 1 aliphatic heterocycles. The van der Waals surface area contributed by atoms with Gasteiger partial charge >= 0.3 is 0 Å². The Morgan fingerprint density at radius 1 is 1.35 bits per heavy atom. The molecule has 4 heteroatoms. The summed E-state index contributed by atoms with van der Waals surface area (Å²) in [4.78, 5) is 26.2. The van der Waals surface area contributed by atoms with Gasteiger partial charge in [0.2, 0.25) is 11.8 Å². The average molecular weight is 270 g/mol. The van der Waals surface area contributed by atoms with Crippen LogP contribution in [0.2, 0.25) is 0 Å². The Bertz CT molecular complexity index is 590. The van der Waals surface area contributed by atoms with Crippen molar-refractivity contribution in [1.82, 2.24) is 4.90 Å². The molecular formula is C16H18N2O2. The van der Waals surface area contributed by atoms with Gasteiger partial charge in [0.15, 0.2) is 0 Å². The molecule has 1 aliphatic rings. The number of nitrogens with zero attached hydrogens (tertiary/aromatic N) is 2. The maximum Gasteiger partial charge on any atom is 0.241 e. The zero-order valence-electron chi connectivity index (χ0n) is 12.0. The van der Waals surface area contributed by atoms with Gasteiger partial charge in [-0.1, -0.05) is 37.3 Å². The predicted molar refractivity (Wildman–Crippen MR) is 74.6 cm³/mol. The number of likely N-dealkylation sites (tertiary alicyclic amines) is 1. The van der Waals surface area contributed by atoms with Crippen LogP contribution in [0.4, 0.5) is 0 Å². The van der Waals surface area contributed by atoms with Crippen LogP contribution >= 0.6 is 0 Å². The Balaban J connectivity index is 2.47. The van der Waals surface area contributed by atoms with E-state index in [2.05, 4.69) is 6.07 Å². The number of rotatable bonds is 3. The number of carbonyl (C=O) groups is 2. The van der Waals surface area contributed by atoms with Gasteiger partial charge < -0.3 is 0 Å². The number of carbonyl (C=O) groups excluding carboxylic acids is 2. The van der Waals surface area contributed by atoms with E-state index in [0.717, 1.165) is 10.5 Å². The minimum Gasteiger partial charge on any atom is -0.274 e. The Morgan fingerprint density at radius 3 is 2.45 bits per heavy atom. The summed E-state index contributed by atoms with van der Waals surface area (Å²) in [6.45, 7) is 5.22. The molecule has 0 saturated carbocycles. The Labute approximate surface area is 119 Å². The largest absolute Gasteiger partial charge is 0.274 e. The third-order valence-corrected chi connectivity index (χ3v) is 4.26. The smallest absolute Gasteiger partial charge is 0.241 e. The molecule has 4 nitrogen and oxygen atoms in total. The van der Waals surface area contributed by atoms with Crippen molar-refractivity contribution < 1.29 is 9.59 Å². The lowest BCUT2D eigenvalue weighted by molar-refractivity contribution is -0.144. The van der Waals surface area contributed by atoms with Crippen molar-refractivity contribution in [2.24, 2.45) is 0 Å². The molecule has 2 rings (SSSR count). The highest BCUT2D eigenvalue weighted by Crippen LogP contribution is 2.40. The monoisotopic (exact) mass is 270 g/mol. The molecule has 0 radical (unpaired) electrons. The van der Waals surface area contributed by atoms with E-state index in [9.17, 15) is 14.9 Å². The number of hydrogen-bond donors (Lipinski definition) is 0. The first-order valence-electron chi connectivity index (χ1n) is 6.73. The lowest BCUT2D eigenvalue weighted by atomic mass is 9.81. The number of benzene rings is 1. The van der Waals surface area contributed by atoms with Gasteiger partial charge in [-0.25, -0.2) is 0 Å². The minimum absolute atomic E-state index is 0.118. The number of hydrogen-bond acceptors (Lipinski definition) is 3. The average Bonchev–Trinajstić information content (AvgIpc) is 2.71. The van der Waals surface area contributed by atoms with Crippen molar-refractivity contribution in [3.8, 4) is 6.07 Å². The van der Waals surface area contributed by atoms with Gasteiger partial charge in [0, 0.05) is 6.42 Å². The molecule has 1 fully saturated rings. The first-order valence-corrected chi connectivity index (χ1v) is 6.73. The summed E-state index contributed by atoms with van der Waals surface area (Å²) in [5, 5.41) is 9.33. The van der Waals surface area contributed by atoms with Crippen molar-refractivity contribution in [2.45, 2.75) is 44.6 Å². The standard InChI is InChI=1S/C16H18N2O2/c1-4-15(2,11-17)18-13(19)10-16(3,14(18)20)12-8-6-5-7-9-12/h5-9H,4,10H2,1-3H3. The van der Waals surface area contributed by atoms with E-state index < -0.39 is 11.0 Å². The van der Waals surface area contributed by atoms with Gasteiger partial charge in [-0.3, -0.25) is 14.5 Å². The topological polar surface area (TPSA) is 61.2 Å². The molecule has 20 heavy (non-hydrogen) atoms. The van der Waals surface area contributed by atoms with Crippen LogP contribution < -0.4 is 0 Å². The predicted octanol–water partition coefficient (Wildman–Crippen LogP) is 2.40. The fourth-order valence-corrected chi connectivity index (χ4v) is 2.64. The zero-order valence-corrected chi connectivity index (χ0v) is 12.0. The third kappa shape index (κ3) is 1.90. The molecule has 104 valence electrons. The van der Waals surface area contributed by atoms with Crippen LogP contribution in [0.1, 0.15) is 39.2 Å². The fourth-order valence-electron chi connectivity index (χ4n) is 2.64. The van der Waals surface area contributed by atoms with Crippen LogP contribution in [0.15, 0.2) is 30.3 Å². The van der Waals surface area contributed by atoms with Crippen LogP contribution in [0, 0.1) is 11.3 Å². The lowest BCUT2D eigenvalue weighted by Gasteiger charge is -2.31. The van der Waals surface area contributed by atoms with Crippen LogP contribution in [0.5, 0.6) is 0 Å². The van der Waals surface area contributed by atoms with Gasteiger partial charge in [0.1, 0.15) is 5.54 Å². The molecule has 2 atom stereocenters. The van der Waals surface area contributed by atoms with Gasteiger partial charge in [-0.05, 0) is 25.8 Å². The van der Waals surface area contributed by atoms with Gasteiger partial charge in [0.25, 0.3) is 0 Å². The zero-order chi connectivity index (χ0) is 15.0. The third-order valence-electron chi connectivity index (χ3n) is 4.26. The Morgan fingerprint density at radius 2 is 1.95 bits per heavy atom. The van der Waals surface area contributed by atoms with Crippen molar-refractivity contribution in [3.05, 3.63) is 35.9 Å². The van der Waals surface area contributed by atoms with Crippen molar-refractivity contribution in [1.29, 1.82) is 5.26 Å². The van der Waals surface area contributed by atoms with Crippen molar-refractivity contribution >= 4 is 11.8 Å². The molecule has 1 aromatic carbocycles. The van der Waals surface area contributed by atoms with Gasteiger partial charge in [-0.15, -0.1) is 0 Å². The number of amides is 2. The second-order valence-corrected chi connectivity index (χ2v) is 5.65. The molecule has 0 spiro atoms. The summed E-state index contributed by atoms with van der Waals surface area (Å²) < 4.78 is 0. The van der Waals surface area contributed by atoms with E-state index in [-0.39, 0.29) is 18.2 Å². The highest BCUT2D eigenvalue weighted by atomic mass is 16.2. The number of imide groups is 1. The summed E-state index contributed by atoms with van der Waals surface area (Å²) >= 11 is 0. The first-order chi connectivity index (χ1) is 9.39. The molecule has 0 aromatic heterocycles. The number of nitriles is 1. The van der Waals surface area contributed by atoms with Crippen molar-refractivity contribution in [3.63, 3.8) is 0 Å². The quantitative estimate of drug-likeness (QED) is 0.792. The molecule has 1 heterocycles. The van der Waals surface area contributed by atoms with E-state index in [1.54, 1.807) is 13.8 Å². The molecule has 0 bridgehead atoms. The molecular weight excluding hydrogens is 252 g/mol. The van der Waals surface area contributed by atoms with E-state index >= 15 is 0 Å². The van der Waals surface area contributed by atoms with Crippen LogP contribution in [0.3, 0.4) is 0 Å². The summed E-state index contributed by atoms with van der Waals surface area (Å²) in [5.74, 6) is -0.549. The maximum atomic E-state index is 12.8. The van der Waals surface area contributed by atoms with E-state index in [1.807, 2.05) is 37.3 Å². The van der Waals surface area contributed by atoms with Crippen LogP contribution in [0.25, 0.3) is 0 Å². The molecule has 1 aromatic rings. The molecule has 0 aliphatic carbocycles. The summed E-state index contributed by atoms with van der Waals surface area (Å²) in [6, 6.07) is 11.4. The highest BCUT2D eigenvalue weighted by molar-refractivity contribution is 6.09. The maximum absolute atomic E-state index is 12.8. The lowest BCUT2D eigenvalue weighted by Crippen LogP contribution is -2.50. The van der Waals surface area contributed by atoms with Gasteiger partial charge in [0.05, 0.1) is 11.5 Å². The Hall–Kier alpha value is -2.15. The van der Waals surface area contributed by atoms with Gasteiger partial charge in [-0.2, -0.15) is 5.26 Å². The second-order valence-electron chi connectivity index (χ2n) is 5.65. The minimum atomic E-state index is -1.07. The Kier molecular flexibility index (Phi) is 3.39. The van der Waals surface area contributed by atoms with E-state index in [0.29, 0.717) is 6.42 Å².